The molecular weight excluding hydrogens is 256 g/mol. The van der Waals surface area contributed by atoms with E-state index in [0.29, 0.717) is 11.5 Å². The van der Waals surface area contributed by atoms with Gasteiger partial charge in [0.15, 0.2) is 0 Å². The number of benzene rings is 2. The second-order valence-electron chi connectivity index (χ2n) is 4.54. The molecule has 0 unspecified atom stereocenters. The van der Waals surface area contributed by atoms with Gasteiger partial charge in [0.25, 0.3) is 0 Å². The van der Waals surface area contributed by atoms with Gasteiger partial charge in [0.1, 0.15) is 22.8 Å². The van der Waals surface area contributed by atoms with E-state index in [4.69, 9.17) is 9.47 Å². The Kier molecular flexibility index (Phi) is 3.94. The molecule has 1 N–H and O–H groups in total. The third-order valence-electron chi connectivity index (χ3n) is 2.98. The molecule has 0 atom stereocenters. The van der Waals surface area contributed by atoms with Crippen LogP contribution >= 0.6 is 0 Å². The summed E-state index contributed by atoms with van der Waals surface area (Å²) in [5.41, 5.74) is 2.09. The Bertz CT molecular complexity index is 647. The van der Waals surface area contributed by atoms with Gasteiger partial charge in [-0.2, -0.15) is 0 Å². The number of methoxy groups -OCH3 is 1. The molecule has 0 amide bonds. The minimum Gasteiger partial charge on any atom is -0.497 e. The van der Waals surface area contributed by atoms with Crippen LogP contribution in [0.25, 0.3) is 0 Å². The standard InChI is InChI=1S/C16H16O4/c1-10-4-5-11(2)14(8-10)20-15-9-12(19-3)6-7-13(15)16(17)18/h4-9H,1-3H3,(H,17,18). The van der Waals surface area contributed by atoms with E-state index in [1.165, 1.54) is 13.2 Å². The lowest BCUT2D eigenvalue weighted by atomic mass is 10.1. The van der Waals surface area contributed by atoms with Crippen molar-refractivity contribution in [2.24, 2.45) is 0 Å². The van der Waals surface area contributed by atoms with Crippen molar-refractivity contribution >= 4 is 5.97 Å². The molecule has 0 spiro atoms. The first-order valence-corrected chi connectivity index (χ1v) is 6.17. The second kappa shape index (κ2) is 5.65. The summed E-state index contributed by atoms with van der Waals surface area (Å²) in [7, 11) is 1.53. The number of hydrogen-bond acceptors (Lipinski definition) is 3. The van der Waals surface area contributed by atoms with Crippen molar-refractivity contribution in [1.29, 1.82) is 0 Å². The highest BCUT2D eigenvalue weighted by Crippen LogP contribution is 2.31. The molecule has 0 bridgehead atoms. The van der Waals surface area contributed by atoms with Crippen LogP contribution in [0.2, 0.25) is 0 Å². The summed E-state index contributed by atoms with van der Waals surface area (Å²) in [6.45, 7) is 3.87. The van der Waals surface area contributed by atoms with E-state index in [1.54, 1.807) is 12.1 Å². The van der Waals surface area contributed by atoms with Gasteiger partial charge in [0.2, 0.25) is 0 Å². The Hall–Kier alpha value is -2.49. The smallest absolute Gasteiger partial charge is 0.339 e. The van der Waals surface area contributed by atoms with Crippen molar-refractivity contribution < 1.29 is 19.4 Å². The van der Waals surface area contributed by atoms with Crippen LogP contribution in [0.5, 0.6) is 17.2 Å². The molecule has 0 saturated carbocycles. The van der Waals surface area contributed by atoms with Crippen molar-refractivity contribution in [3.8, 4) is 17.2 Å². The predicted molar refractivity (Wildman–Crippen MR) is 75.9 cm³/mol. The van der Waals surface area contributed by atoms with Crippen LogP contribution in [0.3, 0.4) is 0 Å². The number of carboxylic acids is 1. The normalized spacial score (nSPS) is 10.2. The maximum atomic E-state index is 11.2. The molecule has 0 radical (unpaired) electrons. The van der Waals surface area contributed by atoms with Crippen LogP contribution in [0.4, 0.5) is 0 Å². The molecule has 0 aliphatic carbocycles. The Labute approximate surface area is 117 Å². The lowest BCUT2D eigenvalue weighted by Crippen LogP contribution is -2.01. The number of carboxylic acid groups (broad SMARTS) is 1. The molecule has 2 rings (SSSR count). The minimum atomic E-state index is -1.03. The first-order chi connectivity index (χ1) is 9.51. The van der Waals surface area contributed by atoms with Crippen LogP contribution in [0.1, 0.15) is 21.5 Å². The van der Waals surface area contributed by atoms with Gasteiger partial charge >= 0.3 is 5.97 Å². The zero-order chi connectivity index (χ0) is 14.7. The number of ether oxygens (including phenoxy) is 2. The van der Waals surface area contributed by atoms with Gasteiger partial charge in [-0.25, -0.2) is 4.79 Å². The molecule has 0 aliphatic rings. The highest BCUT2D eigenvalue weighted by molar-refractivity contribution is 5.91. The van der Waals surface area contributed by atoms with E-state index in [-0.39, 0.29) is 11.3 Å². The zero-order valence-corrected chi connectivity index (χ0v) is 11.6. The lowest BCUT2D eigenvalue weighted by Gasteiger charge is -2.12. The molecule has 4 heteroatoms. The maximum Gasteiger partial charge on any atom is 0.339 e. The highest BCUT2D eigenvalue weighted by Gasteiger charge is 2.14. The van der Waals surface area contributed by atoms with Crippen molar-refractivity contribution in [2.45, 2.75) is 13.8 Å². The summed E-state index contributed by atoms with van der Waals surface area (Å²) in [5, 5.41) is 9.21. The number of hydrogen-bond donors (Lipinski definition) is 1. The molecule has 4 nitrogen and oxygen atoms in total. The third kappa shape index (κ3) is 2.91. The van der Waals surface area contributed by atoms with E-state index < -0.39 is 5.97 Å². The lowest BCUT2D eigenvalue weighted by molar-refractivity contribution is 0.0694. The Morgan fingerprint density at radius 2 is 1.80 bits per heavy atom. The summed E-state index contributed by atoms with van der Waals surface area (Å²) in [6, 6.07) is 10.4. The van der Waals surface area contributed by atoms with Gasteiger partial charge in [-0.05, 0) is 43.2 Å². The summed E-state index contributed by atoms with van der Waals surface area (Å²) < 4.78 is 10.9. The Morgan fingerprint density at radius 1 is 1.05 bits per heavy atom. The SMILES string of the molecule is COc1ccc(C(=O)O)c(Oc2cc(C)ccc2C)c1. The molecule has 2 aromatic rings. The Balaban J connectivity index is 2.45. The van der Waals surface area contributed by atoms with E-state index in [2.05, 4.69) is 0 Å². The zero-order valence-electron chi connectivity index (χ0n) is 11.6. The Morgan fingerprint density at radius 3 is 2.45 bits per heavy atom. The van der Waals surface area contributed by atoms with Crippen LogP contribution in [0.15, 0.2) is 36.4 Å². The topological polar surface area (TPSA) is 55.8 Å². The van der Waals surface area contributed by atoms with Gasteiger partial charge < -0.3 is 14.6 Å². The van der Waals surface area contributed by atoms with Gasteiger partial charge in [-0.1, -0.05) is 12.1 Å². The first-order valence-electron chi connectivity index (χ1n) is 6.17. The maximum absolute atomic E-state index is 11.2. The van der Waals surface area contributed by atoms with Crippen LogP contribution in [-0.4, -0.2) is 18.2 Å². The van der Waals surface area contributed by atoms with E-state index in [9.17, 15) is 9.90 Å². The average Bonchev–Trinajstić information content (AvgIpc) is 2.42. The fraction of sp³-hybridized carbons (Fsp3) is 0.188. The van der Waals surface area contributed by atoms with Crippen LogP contribution < -0.4 is 9.47 Å². The van der Waals surface area contributed by atoms with Gasteiger partial charge in [-0.15, -0.1) is 0 Å². The average molecular weight is 272 g/mol. The van der Waals surface area contributed by atoms with Crippen molar-refractivity contribution in [1.82, 2.24) is 0 Å². The third-order valence-corrected chi connectivity index (χ3v) is 2.98. The van der Waals surface area contributed by atoms with Gasteiger partial charge in [0, 0.05) is 6.07 Å². The number of aryl methyl sites for hydroxylation is 2. The molecule has 104 valence electrons. The largest absolute Gasteiger partial charge is 0.497 e. The van der Waals surface area contributed by atoms with Crippen molar-refractivity contribution in [3.05, 3.63) is 53.1 Å². The van der Waals surface area contributed by atoms with E-state index in [1.807, 2.05) is 32.0 Å². The molecule has 0 heterocycles. The van der Waals surface area contributed by atoms with Crippen molar-refractivity contribution in [2.75, 3.05) is 7.11 Å². The monoisotopic (exact) mass is 272 g/mol. The number of rotatable bonds is 4. The predicted octanol–water partition coefficient (Wildman–Crippen LogP) is 3.80. The van der Waals surface area contributed by atoms with Crippen LogP contribution in [0, 0.1) is 13.8 Å². The van der Waals surface area contributed by atoms with Crippen molar-refractivity contribution in [3.63, 3.8) is 0 Å². The fourth-order valence-corrected chi connectivity index (χ4v) is 1.83. The fourth-order valence-electron chi connectivity index (χ4n) is 1.83. The summed E-state index contributed by atoms with van der Waals surface area (Å²) in [6.07, 6.45) is 0. The molecule has 0 saturated heterocycles. The van der Waals surface area contributed by atoms with Gasteiger partial charge in [-0.3, -0.25) is 0 Å². The molecule has 0 fully saturated rings. The van der Waals surface area contributed by atoms with Crippen LogP contribution in [-0.2, 0) is 0 Å². The highest BCUT2D eigenvalue weighted by atomic mass is 16.5. The molecule has 2 aromatic carbocycles. The quantitative estimate of drug-likeness (QED) is 0.919. The molecule has 0 aliphatic heterocycles. The second-order valence-corrected chi connectivity index (χ2v) is 4.54. The summed E-state index contributed by atoms with van der Waals surface area (Å²) >= 11 is 0. The minimum absolute atomic E-state index is 0.103. The molecule has 20 heavy (non-hydrogen) atoms. The number of aromatic carboxylic acids is 1. The molecule has 0 aromatic heterocycles. The van der Waals surface area contributed by atoms with E-state index >= 15 is 0 Å². The number of carbonyl (C=O) groups is 1. The first kappa shape index (κ1) is 13.9. The summed E-state index contributed by atoms with van der Waals surface area (Å²) in [5.74, 6) is 0.426. The van der Waals surface area contributed by atoms with Gasteiger partial charge in [0.05, 0.1) is 7.11 Å². The molecular formula is C16H16O4. The summed E-state index contributed by atoms with van der Waals surface area (Å²) in [4.78, 5) is 11.2. The van der Waals surface area contributed by atoms with E-state index in [0.717, 1.165) is 11.1 Å².